The molecule has 4 rings (SSSR count). The Morgan fingerprint density at radius 3 is 2.78 bits per heavy atom. The van der Waals surface area contributed by atoms with E-state index in [0.717, 1.165) is 16.0 Å². The Morgan fingerprint density at radius 2 is 2.09 bits per heavy atom. The van der Waals surface area contributed by atoms with Crippen molar-refractivity contribution in [3.05, 3.63) is 56.1 Å². The molecule has 0 spiro atoms. The maximum Gasteiger partial charge on any atom is 0.266 e. The van der Waals surface area contributed by atoms with Crippen molar-refractivity contribution in [3.8, 4) is 17.3 Å². The average Bonchev–Trinajstić information content (AvgIpc) is 3.11. The van der Waals surface area contributed by atoms with Crippen LogP contribution in [0.4, 0.5) is 0 Å². The standard InChI is InChI=1S/C17H12N4OS/c1-9-11(7-18)16-20-12-5-3-4-6-14(12)21(16)17(22)15(9)13-8-23-10(2)19-13/h3-6,8,20H,1-2H3. The summed E-state index contributed by atoms with van der Waals surface area (Å²) in [4.78, 5) is 20.7. The summed E-state index contributed by atoms with van der Waals surface area (Å²) in [7, 11) is 0. The molecule has 5 nitrogen and oxygen atoms in total. The molecule has 0 aliphatic carbocycles. The highest BCUT2D eigenvalue weighted by molar-refractivity contribution is 7.09. The lowest BCUT2D eigenvalue weighted by molar-refractivity contribution is 1.12. The smallest absolute Gasteiger partial charge is 0.266 e. The molecule has 1 aromatic carbocycles. The van der Waals surface area contributed by atoms with Crippen molar-refractivity contribution in [2.24, 2.45) is 0 Å². The minimum absolute atomic E-state index is 0.153. The van der Waals surface area contributed by atoms with Gasteiger partial charge >= 0.3 is 0 Å². The SMILES string of the molecule is Cc1nc(-c2c(C)c(C#N)c3[nH]c4ccccc4n3c2=O)cs1. The molecule has 0 saturated heterocycles. The molecule has 4 aromatic rings. The van der Waals surface area contributed by atoms with Gasteiger partial charge in [-0.2, -0.15) is 5.26 Å². The summed E-state index contributed by atoms with van der Waals surface area (Å²) in [6, 6.07) is 9.76. The number of nitrogens with zero attached hydrogens (tertiary/aromatic N) is 3. The number of nitrogens with one attached hydrogen (secondary N) is 1. The molecule has 3 aromatic heterocycles. The van der Waals surface area contributed by atoms with Crippen LogP contribution in [0.25, 0.3) is 27.9 Å². The first-order valence-electron chi connectivity index (χ1n) is 7.10. The molecule has 6 heteroatoms. The summed E-state index contributed by atoms with van der Waals surface area (Å²) in [6.07, 6.45) is 0. The lowest BCUT2D eigenvalue weighted by atomic mass is 10.0. The number of pyridine rings is 1. The number of fused-ring (bicyclic) bond motifs is 3. The molecule has 3 heterocycles. The zero-order valence-electron chi connectivity index (χ0n) is 12.5. The summed E-state index contributed by atoms with van der Waals surface area (Å²) >= 11 is 1.49. The summed E-state index contributed by atoms with van der Waals surface area (Å²) < 4.78 is 1.57. The lowest BCUT2D eigenvalue weighted by Crippen LogP contribution is -2.18. The van der Waals surface area contributed by atoms with Crippen molar-refractivity contribution >= 4 is 28.0 Å². The van der Waals surface area contributed by atoms with Crippen LogP contribution in [0.3, 0.4) is 0 Å². The van der Waals surface area contributed by atoms with Gasteiger partial charge in [0.2, 0.25) is 0 Å². The lowest BCUT2D eigenvalue weighted by Gasteiger charge is -2.07. The van der Waals surface area contributed by atoms with Crippen LogP contribution in [0.2, 0.25) is 0 Å². The van der Waals surface area contributed by atoms with Gasteiger partial charge in [-0.25, -0.2) is 4.98 Å². The van der Waals surface area contributed by atoms with E-state index in [0.29, 0.717) is 28.0 Å². The first kappa shape index (κ1) is 13.7. The summed E-state index contributed by atoms with van der Waals surface area (Å²) in [5.74, 6) is 0. The van der Waals surface area contributed by atoms with Gasteiger partial charge < -0.3 is 4.98 Å². The van der Waals surface area contributed by atoms with Crippen molar-refractivity contribution in [3.63, 3.8) is 0 Å². The van der Waals surface area contributed by atoms with Crippen molar-refractivity contribution in [1.82, 2.24) is 14.4 Å². The Labute approximate surface area is 135 Å². The van der Waals surface area contributed by atoms with E-state index in [9.17, 15) is 10.1 Å². The first-order chi connectivity index (χ1) is 11.1. The van der Waals surface area contributed by atoms with Crippen molar-refractivity contribution in [2.75, 3.05) is 0 Å². The molecule has 1 N–H and O–H groups in total. The molecular formula is C17H12N4OS. The highest BCUT2D eigenvalue weighted by atomic mass is 32.1. The van der Waals surface area contributed by atoms with Crippen LogP contribution >= 0.6 is 11.3 Å². The third kappa shape index (κ3) is 1.84. The maximum atomic E-state index is 13.1. The van der Waals surface area contributed by atoms with Crippen molar-refractivity contribution in [2.45, 2.75) is 13.8 Å². The monoisotopic (exact) mass is 320 g/mol. The van der Waals surface area contributed by atoms with Crippen LogP contribution in [-0.2, 0) is 0 Å². The number of H-pyrrole nitrogens is 1. The van der Waals surface area contributed by atoms with Crippen LogP contribution in [0.15, 0.2) is 34.4 Å². The van der Waals surface area contributed by atoms with Gasteiger partial charge in [0.15, 0.2) is 0 Å². The van der Waals surface area contributed by atoms with E-state index in [1.165, 1.54) is 11.3 Å². The predicted molar refractivity (Wildman–Crippen MR) is 90.8 cm³/mol. The Kier molecular flexibility index (Phi) is 2.86. The molecule has 0 aliphatic rings. The van der Waals surface area contributed by atoms with Gasteiger partial charge in [0.1, 0.15) is 11.7 Å². The fraction of sp³-hybridized carbons (Fsp3) is 0.118. The normalized spacial score (nSPS) is 11.2. The number of benzene rings is 1. The van der Waals surface area contributed by atoms with E-state index in [2.05, 4.69) is 16.0 Å². The molecule has 0 radical (unpaired) electrons. The molecule has 0 saturated carbocycles. The molecule has 23 heavy (non-hydrogen) atoms. The number of rotatable bonds is 1. The number of aromatic nitrogens is 3. The van der Waals surface area contributed by atoms with Crippen LogP contribution < -0.4 is 5.56 Å². The van der Waals surface area contributed by atoms with Gasteiger partial charge in [0, 0.05) is 5.38 Å². The Hall–Kier alpha value is -2.91. The molecule has 0 bridgehead atoms. The van der Waals surface area contributed by atoms with Gasteiger partial charge in [0.25, 0.3) is 5.56 Å². The number of para-hydroxylation sites is 2. The Bertz CT molecular complexity index is 1170. The van der Waals surface area contributed by atoms with Crippen LogP contribution in [0, 0.1) is 25.2 Å². The van der Waals surface area contributed by atoms with E-state index in [1.54, 1.807) is 11.3 Å². The molecular weight excluding hydrogens is 308 g/mol. The molecule has 0 amide bonds. The average molecular weight is 320 g/mol. The zero-order valence-corrected chi connectivity index (χ0v) is 13.4. The molecule has 0 unspecified atom stereocenters. The topological polar surface area (TPSA) is 73.9 Å². The Balaban J connectivity index is 2.27. The van der Waals surface area contributed by atoms with E-state index < -0.39 is 0 Å². The van der Waals surface area contributed by atoms with E-state index in [1.807, 2.05) is 36.6 Å². The molecule has 0 fully saturated rings. The third-order valence-electron chi connectivity index (χ3n) is 4.01. The minimum Gasteiger partial charge on any atom is -0.338 e. The fourth-order valence-electron chi connectivity index (χ4n) is 2.96. The molecule has 0 atom stereocenters. The number of aromatic amines is 1. The highest BCUT2D eigenvalue weighted by Crippen LogP contribution is 2.27. The van der Waals surface area contributed by atoms with Gasteiger partial charge in [-0.1, -0.05) is 12.1 Å². The van der Waals surface area contributed by atoms with Gasteiger partial charge in [-0.15, -0.1) is 11.3 Å². The van der Waals surface area contributed by atoms with Gasteiger partial charge in [0.05, 0.1) is 32.9 Å². The summed E-state index contributed by atoms with van der Waals surface area (Å²) in [6.45, 7) is 3.70. The second-order valence-electron chi connectivity index (χ2n) is 5.37. The van der Waals surface area contributed by atoms with E-state index >= 15 is 0 Å². The third-order valence-corrected chi connectivity index (χ3v) is 4.79. The second kappa shape index (κ2) is 4.80. The first-order valence-corrected chi connectivity index (χ1v) is 7.98. The molecule has 0 aliphatic heterocycles. The van der Waals surface area contributed by atoms with Gasteiger partial charge in [-0.05, 0) is 31.5 Å². The van der Waals surface area contributed by atoms with Crippen LogP contribution in [0.1, 0.15) is 16.1 Å². The zero-order chi connectivity index (χ0) is 16.1. The molecule has 112 valence electrons. The van der Waals surface area contributed by atoms with E-state index in [-0.39, 0.29) is 5.56 Å². The number of aryl methyl sites for hydroxylation is 1. The van der Waals surface area contributed by atoms with Crippen LogP contribution in [-0.4, -0.2) is 14.4 Å². The number of hydrogen-bond acceptors (Lipinski definition) is 4. The van der Waals surface area contributed by atoms with Crippen molar-refractivity contribution < 1.29 is 0 Å². The van der Waals surface area contributed by atoms with E-state index in [4.69, 9.17) is 0 Å². The quantitative estimate of drug-likeness (QED) is 0.584. The number of nitriles is 1. The summed E-state index contributed by atoms with van der Waals surface area (Å²) in [5.41, 5.74) is 4.23. The second-order valence-corrected chi connectivity index (χ2v) is 6.43. The Morgan fingerprint density at radius 1 is 1.30 bits per heavy atom. The largest absolute Gasteiger partial charge is 0.338 e. The number of imidazole rings is 1. The van der Waals surface area contributed by atoms with Gasteiger partial charge in [-0.3, -0.25) is 9.20 Å². The number of thiazole rings is 1. The fourth-order valence-corrected chi connectivity index (χ4v) is 3.56. The number of hydrogen-bond donors (Lipinski definition) is 1. The predicted octanol–water partition coefficient (Wildman–Crippen LogP) is 3.39. The minimum atomic E-state index is -0.153. The van der Waals surface area contributed by atoms with Crippen LogP contribution in [0.5, 0.6) is 0 Å². The summed E-state index contributed by atoms with van der Waals surface area (Å²) in [5, 5.41) is 12.4. The van der Waals surface area contributed by atoms with Crippen molar-refractivity contribution in [1.29, 1.82) is 5.26 Å². The highest BCUT2D eigenvalue weighted by Gasteiger charge is 2.20. The maximum absolute atomic E-state index is 13.1.